The molecule has 178 valence electrons. The number of rotatable bonds is 6. The molecular weight excluding hydrogens is 439 g/mol. The highest BCUT2D eigenvalue weighted by Crippen LogP contribution is 2.32. The van der Waals surface area contributed by atoms with E-state index in [2.05, 4.69) is 5.32 Å². The summed E-state index contributed by atoms with van der Waals surface area (Å²) in [7, 11) is 0. The maximum absolute atomic E-state index is 15.3. The van der Waals surface area contributed by atoms with E-state index >= 15 is 4.39 Å². The maximum atomic E-state index is 15.3. The third kappa shape index (κ3) is 4.53. The number of benzene rings is 2. The van der Waals surface area contributed by atoms with Crippen LogP contribution in [0.2, 0.25) is 0 Å². The molecule has 3 amide bonds. The lowest BCUT2D eigenvalue weighted by molar-refractivity contribution is -0.136. The molecule has 5 rings (SSSR count). The summed E-state index contributed by atoms with van der Waals surface area (Å²) < 4.78 is 80.8. The minimum absolute atomic E-state index is 0.0143. The molecule has 0 aliphatic carbocycles. The van der Waals surface area contributed by atoms with Gasteiger partial charge in [0.2, 0.25) is 11.8 Å². The smallest absolute Gasteiger partial charge is 0.255 e. The molecule has 0 bridgehead atoms. The number of ether oxygens (including phenoxy) is 1. The highest BCUT2D eigenvalue weighted by Gasteiger charge is 2.39. The number of nitrogens with one attached hydrogen (secondary N) is 2. The molecule has 9 heteroatoms. The van der Waals surface area contributed by atoms with E-state index < -0.39 is 61.0 Å². The van der Waals surface area contributed by atoms with Gasteiger partial charge in [-0.15, -0.1) is 0 Å². The molecule has 3 aliphatic heterocycles. The lowest BCUT2D eigenvalue weighted by Gasteiger charge is -2.29. The van der Waals surface area contributed by atoms with Crippen molar-refractivity contribution in [3.05, 3.63) is 64.5 Å². The van der Waals surface area contributed by atoms with Gasteiger partial charge in [0, 0.05) is 64.1 Å². The number of fused-ring (bicyclic) bond motifs is 1. The first-order chi connectivity index (χ1) is 19.1. The summed E-state index contributed by atoms with van der Waals surface area (Å²) in [4.78, 5) is 39.5. The van der Waals surface area contributed by atoms with E-state index in [-0.39, 0.29) is 28.8 Å². The Morgan fingerprint density at radius 1 is 1.24 bits per heavy atom. The molecule has 0 saturated carbocycles. The van der Waals surface area contributed by atoms with E-state index in [1.165, 1.54) is 29.2 Å². The SMILES string of the molecule is [2H]C([2H])(Nc1cccc2c1C([2H])([2H])N([C@]1([2H])CCC(=O)NC1=O)C2=O)c1ccc(C([2H])([2H])N2CCOCC2)cc1F. The van der Waals surface area contributed by atoms with Crippen LogP contribution in [0, 0.1) is 5.82 Å². The fourth-order valence-corrected chi connectivity index (χ4v) is 3.93. The van der Waals surface area contributed by atoms with Crippen LogP contribution in [0.4, 0.5) is 10.1 Å². The van der Waals surface area contributed by atoms with Crippen LogP contribution in [0.15, 0.2) is 36.4 Å². The van der Waals surface area contributed by atoms with Crippen LogP contribution in [0.5, 0.6) is 0 Å². The third-order valence-electron chi connectivity index (χ3n) is 5.69. The molecule has 1 atom stereocenters. The predicted octanol–water partition coefficient (Wildman–Crippen LogP) is 2.03. The normalized spacial score (nSPS) is 28.4. The summed E-state index contributed by atoms with van der Waals surface area (Å²) in [6.07, 6.45) is -0.714. The second-order valence-electron chi connectivity index (χ2n) is 7.96. The van der Waals surface area contributed by atoms with Crippen LogP contribution in [0.25, 0.3) is 0 Å². The molecule has 0 aromatic heterocycles. The molecule has 2 fully saturated rings. The van der Waals surface area contributed by atoms with E-state index in [1.807, 2.05) is 5.32 Å². The number of hydrogen-bond acceptors (Lipinski definition) is 6. The number of piperidine rings is 1. The Bertz CT molecular complexity index is 1440. The summed E-state index contributed by atoms with van der Waals surface area (Å²) in [5, 5.41) is 4.43. The van der Waals surface area contributed by atoms with E-state index in [4.69, 9.17) is 14.3 Å². The van der Waals surface area contributed by atoms with Gasteiger partial charge in [-0.1, -0.05) is 18.2 Å². The largest absolute Gasteiger partial charge is 0.381 e. The van der Waals surface area contributed by atoms with Crippen molar-refractivity contribution in [2.45, 2.75) is 38.4 Å². The number of carbonyl (C=O) groups is 3. The second kappa shape index (κ2) is 9.52. The fourth-order valence-electron chi connectivity index (χ4n) is 3.93. The Balaban J connectivity index is 1.47. The number of halogens is 1. The summed E-state index contributed by atoms with van der Waals surface area (Å²) in [5.41, 5.74) is -1.27. The molecule has 0 unspecified atom stereocenters. The van der Waals surface area contributed by atoms with Crippen LogP contribution in [0.1, 0.15) is 49.5 Å². The second-order valence-corrected chi connectivity index (χ2v) is 7.96. The molecule has 2 N–H and O–H groups in total. The van der Waals surface area contributed by atoms with E-state index in [1.54, 1.807) is 0 Å². The molecule has 3 heterocycles. The number of morpholine rings is 1. The lowest BCUT2D eigenvalue weighted by Crippen LogP contribution is -2.52. The van der Waals surface area contributed by atoms with Crippen LogP contribution >= 0.6 is 0 Å². The first-order valence-electron chi connectivity index (χ1n) is 14.3. The zero-order valence-corrected chi connectivity index (χ0v) is 18.1. The molecule has 0 spiro atoms. The van der Waals surface area contributed by atoms with Crippen LogP contribution in [-0.2, 0) is 33.8 Å². The standard InChI is InChI=1S/C25H27FN4O4/c26-20-12-16(14-29-8-10-34-11-9-29)4-5-17(20)13-27-21-3-1-2-18-19(21)15-30(25(18)33)22-6-7-23(31)28-24(22)32/h1-5,12,22,27H,6-11,13-15H2,(H,28,31,32)/t22-/m1/s1/i13D2,14D2,15D2,22D. The topological polar surface area (TPSA) is 91.0 Å². The Morgan fingerprint density at radius 3 is 2.82 bits per heavy atom. The highest BCUT2D eigenvalue weighted by atomic mass is 19.1. The van der Waals surface area contributed by atoms with Crippen molar-refractivity contribution in [1.29, 1.82) is 0 Å². The minimum Gasteiger partial charge on any atom is -0.381 e. The quantitative estimate of drug-likeness (QED) is 0.624. The number of hydrogen-bond donors (Lipinski definition) is 2. The zero-order valence-electron chi connectivity index (χ0n) is 25.1. The van der Waals surface area contributed by atoms with Gasteiger partial charge in [0.25, 0.3) is 5.91 Å². The molecule has 0 radical (unpaired) electrons. The molecule has 3 aliphatic rings. The monoisotopic (exact) mass is 473 g/mol. The molecule has 34 heavy (non-hydrogen) atoms. The molecule has 8 nitrogen and oxygen atoms in total. The van der Waals surface area contributed by atoms with Crippen LogP contribution < -0.4 is 10.6 Å². The fraction of sp³-hybridized carbons (Fsp3) is 0.400. The van der Waals surface area contributed by atoms with Gasteiger partial charge in [0.1, 0.15) is 11.8 Å². The number of amides is 3. The molecular formula is C25H27FN4O4. The number of carbonyl (C=O) groups excluding carboxylic acids is 3. The van der Waals surface area contributed by atoms with Crippen molar-refractivity contribution in [3.8, 4) is 0 Å². The summed E-state index contributed by atoms with van der Waals surface area (Å²) in [5.74, 6) is -3.83. The van der Waals surface area contributed by atoms with E-state index in [9.17, 15) is 14.4 Å². The van der Waals surface area contributed by atoms with Crippen LogP contribution in [-0.4, -0.2) is 59.8 Å². The Hall–Kier alpha value is -3.30. The van der Waals surface area contributed by atoms with Crippen LogP contribution in [0.3, 0.4) is 0 Å². The van der Waals surface area contributed by atoms with Gasteiger partial charge in [0.05, 0.1) is 20.1 Å². The average molecular weight is 474 g/mol. The van der Waals surface area contributed by atoms with Crippen molar-refractivity contribution >= 4 is 23.4 Å². The third-order valence-corrected chi connectivity index (χ3v) is 5.69. The average Bonchev–Trinajstić information content (AvgIpc) is 3.12. The van der Waals surface area contributed by atoms with Gasteiger partial charge < -0.3 is 15.0 Å². The highest BCUT2D eigenvalue weighted by molar-refractivity contribution is 6.06. The van der Waals surface area contributed by atoms with Gasteiger partial charge in [-0.05, 0) is 30.2 Å². The van der Waals surface area contributed by atoms with Gasteiger partial charge in [-0.2, -0.15) is 0 Å². The van der Waals surface area contributed by atoms with Crippen molar-refractivity contribution in [2.24, 2.45) is 0 Å². The number of anilines is 1. The summed E-state index contributed by atoms with van der Waals surface area (Å²) >= 11 is 0. The minimum atomic E-state index is -2.78. The van der Waals surface area contributed by atoms with Gasteiger partial charge in [-0.3, -0.25) is 24.6 Å². The van der Waals surface area contributed by atoms with Crippen molar-refractivity contribution in [1.82, 2.24) is 15.1 Å². The van der Waals surface area contributed by atoms with Gasteiger partial charge >= 0.3 is 0 Å². The Labute approximate surface area is 206 Å². The van der Waals surface area contributed by atoms with Crippen molar-refractivity contribution in [2.75, 3.05) is 31.6 Å². The number of nitrogens with zero attached hydrogens (tertiary/aromatic N) is 2. The van der Waals surface area contributed by atoms with Gasteiger partial charge in [-0.25, -0.2) is 4.39 Å². The molecule has 2 aromatic rings. The maximum Gasteiger partial charge on any atom is 0.255 e. The molecule has 2 saturated heterocycles. The van der Waals surface area contributed by atoms with Gasteiger partial charge in [0.15, 0.2) is 0 Å². The number of imide groups is 1. The predicted molar refractivity (Wildman–Crippen MR) is 122 cm³/mol. The zero-order chi connectivity index (χ0) is 30.0. The summed E-state index contributed by atoms with van der Waals surface area (Å²) in [6, 6.07) is 4.77. The lowest BCUT2D eigenvalue weighted by atomic mass is 10.0. The van der Waals surface area contributed by atoms with Crippen molar-refractivity contribution < 1.29 is 33.1 Å². The van der Waals surface area contributed by atoms with E-state index in [0.29, 0.717) is 31.2 Å². The Kier molecular flexibility index (Phi) is 4.36. The Morgan fingerprint density at radius 2 is 2.06 bits per heavy atom. The first kappa shape index (κ1) is 15.6. The van der Waals surface area contributed by atoms with Crippen molar-refractivity contribution in [3.63, 3.8) is 0 Å². The van der Waals surface area contributed by atoms with E-state index in [0.717, 1.165) is 12.1 Å². The summed E-state index contributed by atoms with van der Waals surface area (Å²) in [6.45, 7) is -6.23. The molecule has 2 aromatic carbocycles. The first-order valence-corrected chi connectivity index (χ1v) is 10.8.